The van der Waals surface area contributed by atoms with Gasteiger partial charge in [-0.3, -0.25) is 10.1 Å². The molecule has 35 heavy (non-hydrogen) atoms. The van der Waals surface area contributed by atoms with Gasteiger partial charge >= 0.3 is 12.0 Å². The Labute approximate surface area is 206 Å². The number of hydrogen-bond acceptors (Lipinski definition) is 7. The summed E-state index contributed by atoms with van der Waals surface area (Å²) in [6.45, 7) is 5.48. The standard InChI is InChI=1S/C25H25N5O4S/c1-15(2)13-26-25(33)28-21(31)14-34-24(32)18-12-19(20-10-7-11-35-20)27-23-22(18)16(3)29-30(23)17-8-5-4-6-9-17/h4-12,15H,13-14H2,1-3H3,(H2,26,28,31,33). The number of nitrogens with one attached hydrogen (secondary N) is 2. The van der Waals surface area contributed by atoms with Gasteiger partial charge in [0, 0.05) is 6.54 Å². The van der Waals surface area contributed by atoms with Crippen LogP contribution in [0.25, 0.3) is 27.3 Å². The molecule has 0 aliphatic rings. The first-order valence-corrected chi connectivity index (χ1v) is 12.0. The fourth-order valence-electron chi connectivity index (χ4n) is 3.46. The van der Waals surface area contributed by atoms with E-state index in [1.807, 2.05) is 61.7 Å². The van der Waals surface area contributed by atoms with Gasteiger partial charge in [-0.2, -0.15) is 5.10 Å². The zero-order chi connectivity index (χ0) is 24.9. The van der Waals surface area contributed by atoms with Crippen molar-refractivity contribution >= 4 is 40.3 Å². The van der Waals surface area contributed by atoms with Crippen LogP contribution in [0.5, 0.6) is 0 Å². The molecule has 4 aromatic rings. The monoisotopic (exact) mass is 491 g/mol. The molecular weight excluding hydrogens is 466 g/mol. The number of carbonyl (C=O) groups is 3. The van der Waals surface area contributed by atoms with E-state index in [1.54, 1.807) is 17.7 Å². The van der Waals surface area contributed by atoms with Crippen molar-refractivity contribution in [2.45, 2.75) is 20.8 Å². The number of para-hydroxylation sites is 1. The molecule has 3 heterocycles. The fraction of sp³-hybridized carbons (Fsp3) is 0.240. The van der Waals surface area contributed by atoms with Gasteiger partial charge in [0.25, 0.3) is 5.91 Å². The number of aryl methyl sites for hydroxylation is 1. The number of rotatable bonds is 7. The maximum absolute atomic E-state index is 13.1. The van der Waals surface area contributed by atoms with Gasteiger partial charge < -0.3 is 10.1 Å². The zero-order valence-corrected chi connectivity index (χ0v) is 20.4. The smallest absolute Gasteiger partial charge is 0.339 e. The van der Waals surface area contributed by atoms with Crippen LogP contribution in [0.3, 0.4) is 0 Å². The van der Waals surface area contributed by atoms with Crippen LogP contribution < -0.4 is 10.6 Å². The van der Waals surface area contributed by atoms with E-state index in [1.165, 1.54) is 11.3 Å². The maximum atomic E-state index is 13.1. The molecule has 0 radical (unpaired) electrons. The second-order valence-electron chi connectivity index (χ2n) is 8.29. The van der Waals surface area contributed by atoms with Gasteiger partial charge in [-0.25, -0.2) is 19.3 Å². The Bertz CT molecular complexity index is 1360. The van der Waals surface area contributed by atoms with Crippen LogP contribution in [0.4, 0.5) is 4.79 Å². The van der Waals surface area contributed by atoms with E-state index in [9.17, 15) is 14.4 Å². The topological polar surface area (TPSA) is 115 Å². The minimum Gasteiger partial charge on any atom is -0.452 e. The summed E-state index contributed by atoms with van der Waals surface area (Å²) in [5, 5.41) is 11.8. The molecule has 3 aromatic heterocycles. The first-order chi connectivity index (χ1) is 16.8. The molecule has 0 spiro atoms. The third kappa shape index (κ3) is 5.55. The molecule has 4 rings (SSSR count). The van der Waals surface area contributed by atoms with Gasteiger partial charge in [0.05, 0.1) is 32.9 Å². The van der Waals surface area contributed by atoms with Gasteiger partial charge in [0.15, 0.2) is 12.3 Å². The second-order valence-corrected chi connectivity index (χ2v) is 9.24. The fourth-order valence-corrected chi connectivity index (χ4v) is 4.15. The van der Waals surface area contributed by atoms with E-state index in [4.69, 9.17) is 9.72 Å². The maximum Gasteiger partial charge on any atom is 0.339 e. The molecule has 9 nitrogen and oxygen atoms in total. The number of ether oxygens (including phenoxy) is 1. The highest BCUT2D eigenvalue weighted by Gasteiger charge is 2.23. The summed E-state index contributed by atoms with van der Waals surface area (Å²) in [7, 11) is 0. The summed E-state index contributed by atoms with van der Waals surface area (Å²) in [5.41, 5.74) is 2.74. The average molecular weight is 492 g/mol. The molecule has 0 fully saturated rings. The summed E-state index contributed by atoms with van der Waals surface area (Å²) in [6, 6.07) is 14.3. The van der Waals surface area contributed by atoms with Crippen LogP contribution in [0.1, 0.15) is 29.9 Å². The van der Waals surface area contributed by atoms with E-state index in [0.717, 1.165) is 10.6 Å². The molecule has 0 aliphatic carbocycles. The molecule has 180 valence electrons. The van der Waals surface area contributed by atoms with Crippen LogP contribution in [-0.4, -0.2) is 45.8 Å². The Hall–Kier alpha value is -4.05. The number of aromatic nitrogens is 3. The minimum absolute atomic E-state index is 0.236. The molecule has 1 aromatic carbocycles. The molecule has 0 saturated carbocycles. The summed E-state index contributed by atoms with van der Waals surface area (Å²) in [5.74, 6) is -1.19. The van der Waals surface area contributed by atoms with Gasteiger partial charge in [-0.05, 0) is 42.5 Å². The third-order valence-electron chi connectivity index (χ3n) is 5.07. The van der Waals surface area contributed by atoms with Gasteiger partial charge in [0.2, 0.25) is 0 Å². The van der Waals surface area contributed by atoms with Gasteiger partial charge in [-0.1, -0.05) is 38.1 Å². The molecule has 0 unspecified atom stereocenters. The lowest BCUT2D eigenvalue weighted by Gasteiger charge is -2.10. The Balaban J connectivity index is 1.64. The van der Waals surface area contributed by atoms with Crippen molar-refractivity contribution in [3.05, 3.63) is 65.2 Å². The number of nitrogens with zero attached hydrogens (tertiary/aromatic N) is 3. The number of imide groups is 1. The highest BCUT2D eigenvalue weighted by molar-refractivity contribution is 7.13. The number of carbonyl (C=O) groups excluding carboxylic acids is 3. The zero-order valence-electron chi connectivity index (χ0n) is 19.6. The van der Waals surface area contributed by atoms with Crippen molar-refractivity contribution in [2.24, 2.45) is 5.92 Å². The largest absolute Gasteiger partial charge is 0.452 e. The van der Waals surface area contributed by atoms with Crippen LogP contribution in [-0.2, 0) is 9.53 Å². The predicted molar refractivity (Wildman–Crippen MR) is 134 cm³/mol. The normalized spacial score (nSPS) is 11.0. The highest BCUT2D eigenvalue weighted by atomic mass is 32.1. The molecule has 0 aliphatic heterocycles. The van der Waals surface area contributed by atoms with Crippen molar-refractivity contribution in [1.82, 2.24) is 25.4 Å². The lowest BCUT2D eigenvalue weighted by atomic mass is 10.1. The SMILES string of the molecule is Cc1nn(-c2ccccc2)c2nc(-c3cccs3)cc(C(=O)OCC(=O)NC(=O)NCC(C)C)c12. The Morgan fingerprint density at radius 3 is 2.57 bits per heavy atom. The minimum atomic E-state index is -0.722. The highest BCUT2D eigenvalue weighted by Crippen LogP contribution is 2.31. The van der Waals surface area contributed by atoms with E-state index in [0.29, 0.717) is 29.0 Å². The van der Waals surface area contributed by atoms with Crippen LogP contribution in [0, 0.1) is 12.8 Å². The number of thiophene rings is 1. The lowest BCUT2D eigenvalue weighted by molar-refractivity contribution is -0.123. The summed E-state index contributed by atoms with van der Waals surface area (Å²) < 4.78 is 6.96. The summed E-state index contributed by atoms with van der Waals surface area (Å²) in [6.07, 6.45) is 0. The average Bonchev–Trinajstić information content (AvgIpc) is 3.50. The van der Waals surface area contributed by atoms with E-state index < -0.39 is 24.5 Å². The van der Waals surface area contributed by atoms with Crippen LogP contribution >= 0.6 is 11.3 Å². The van der Waals surface area contributed by atoms with E-state index in [2.05, 4.69) is 15.7 Å². The quantitative estimate of drug-likeness (QED) is 0.376. The molecule has 0 atom stereocenters. The third-order valence-corrected chi connectivity index (χ3v) is 5.96. The molecule has 0 bridgehead atoms. The Kier molecular flexibility index (Phi) is 7.21. The second kappa shape index (κ2) is 10.5. The number of pyridine rings is 1. The van der Waals surface area contributed by atoms with Crippen molar-refractivity contribution in [1.29, 1.82) is 0 Å². The van der Waals surface area contributed by atoms with Crippen molar-refractivity contribution < 1.29 is 19.1 Å². The van der Waals surface area contributed by atoms with E-state index >= 15 is 0 Å². The molecule has 2 N–H and O–H groups in total. The van der Waals surface area contributed by atoms with Crippen molar-refractivity contribution in [2.75, 3.05) is 13.2 Å². The van der Waals surface area contributed by atoms with Crippen molar-refractivity contribution in [3.63, 3.8) is 0 Å². The van der Waals surface area contributed by atoms with Gasteiger partial charge in [-0.15, -0.1) is 11.3 Å². The number of urea groups is 1. The predicted octanol–water partition coefficient (Wildman–Crippen LogP) is 4.10. The molecule has 3 amide bonds. The molecular formula is C25H25N5O4S. The lowest BCUT2D eigenvalue weighted by Crippen LogP contribution is -2.42. The first kappa shape index (κ1) is 24.1. The van der Waals surface area contributed by atoms with Crippen LogP contribution in [0.15, 0.2) is 53.9 Å². The number of fused-ring (bicyclic) bond motifs is 1. The van der Waals surface area contributed by atoms with E-state index in [-0.39, 0.29) is 11.5 Å². The van der Waals surface area contributed by atoms with Gasteiger partial charge in [0.1, 0.15) is 0 Å². The van der Waals surface area contributed by atoms with Crippen LogP contribution in [0.2, 0.25) is 0 Å². The molecule has 10 heteroatoms. The number of benzene rings is 1. The number of hydrogen-bond donors (Lipinski definition) is 2. The first-order valence-electron chi connectivity index (χ1n) is 11.1. The Morgan fingerprint density at radius 2 is 1.89 bits per heavy atom. The number of esters is 1. The number of amides is 3. The summed E-state index contributed by atoms with van der Waals surface area (Å²) >= 11 is 1.49. The summed E-state index contributed by atoms with van der Waals surface area (Å²) in [4.78, 5) is 42.7. The Morgan fingerprint density at radius 1 is 1.11 bits per heavy atom. The van der Waals surface area contributed by atoms with Crippen molar-refractivity contribution in [3.8, 4) is 16.3 Å². The molecule has 0 saturated heterocycles.